The molecular weight excluding hydrogens is 460 g/mol. The number of hydrogen-bond donors (Lipinski definition) is 2. The fourth-order valence-corrected chi connectivity index (χ4v) is 3.83. The van der Waals surface area contributed by atoms with Gasteiger partial charge in [0.05, 0.1) is 27.7 Å². The number of aliphatic hydroxyl groups is 2. The maximum Gasteiger partial charge on any atom is 0.181 e. The van der Waals surface area contributed by atoms with Crippen molar-refractivity contribution in [2.24, 2.45) is 0 Å². The number of hydrogen-bond acceptors (Lipinski definition) is 5. The van der Waals surface area contributed by atoms with Crippen LogP contribution in [0.15, 0.2) is 35.2 Å². The van der Waals surface area contributed by atoms with E-state index >= 15 is 4.39 Å². The summed E-state index contributed by atoms with van der Waals surface area (Å²) in [4.78, 5) is 8.45. The monoisotopic (exact) mass is 477 g/mol. The molecule has 3 aromatic rings. The van der Waals surface area contributed by atoms with Crippen molar-refractivity contribution in [3.05, 3.63) is 57.8 Å². The summed E-state index contributed by atoms with van der Waals surface area (Å²) >= 11 is 3.10. The molecule has 1 fully saturated rings. The minimum Gasteiger partial charge on any atom is -0.394 e. The van der Waals surface area contributed by atoms with Crippen molar-refractivity contribution in [3.8, 4) is 11.8 Å². The van der Waals surface area contributed by atoms with Crippen LogP contribution in [0.4, 0.5) is 8.78 Å². The topological polar surface area (TPSA) is 80.4 Å². The predicted octanol–water partition coefficient (Wildman–Crippen LogP) is 3.02. The van der Waals surface area contributed by atoms with Gasteiger partial charge in [-0.3, -0.25) is 0 Å². The highest BCUT2D eigenvalue weighted by Gasteiger charge is 2.55. The van der Waals surface area contributed by atoms with Gasteiger partial charge in [-0.05, 0) is 48.0 Å². The molecule has 0 saturated carbocycles. The second-order valence-corrected chi connectivity index (χ2v) is 8.15. The summed E-state index contributed by atoms with van der Waals surface area (Å²) < 4.78 is 36.5. The molecule has 0 amide bonds. The molecule has 0 bridgehead atoms. The number of alkyl halides is 1. The van der Waals surface area contributed by atoms with Crippen LogP contribution in [-0.4, -0.2) is 49.2 Å². The fourth-order valence-electron chi connectivity index (χ4n) is 3.59. The lowest BCUT2D eigenvalue weighted by atomic mass is 9.98. The molecule has 1 aliphatic rings. The maximum atomic E-state index is 15.3. The van der Waals surface area contributed by atoms with E-state index in [0.29, 0.717) is 32.3 Å². The number of rotatable bonds is 2. The van der Waals surface area contributed by atoms with E-state index in [-0.39, 0.29) is 0 Å². The largest absolute Gasteiger partial charge is 0.394 e. The first-order valence-corrected chi connectivity index (χ1v) is 9.96. The Morgan fingerprint density at radius 3 is 2.77 bits per heavy atom. The smallest absolute Gasteiger partial charge is 0.181 e. The van der Waals surface area contributed by atoms with Gasteiger partial charge in [-0.15, -0.1) is 0 Å². The van der Waals surface area contributed by atoms with E-state index in [1.165, 1.54) is 23.9 Å². The number of aliphatic hydroxyl groups excluding tert-OH is 2. The molecule has 6 nitrogen and oxygen atoms in total. The number of aryl methyl sites for hydroxylation is 1. The lowest BCUT2D eigenvalue weighted by molar-refractivity contribution is -0.0564. The number of halogens is 3. The highest BCUT2D eigenvalue weighted by Crippen LogP contribution is 2.43. The molecule has 0 spiro atoms. The molecule has 4 atom stereocenters. The minimum absolute atomic E-state index is 0.339. The Morgan fingerprint density at radius 2 is 2.10 bits per heavy atom. The lowest BCUT2D eigenvalue weighted by Gasteiger charge is -2.25. The summed E-state index contributed by atoms with van der Waals surface area (Å²) in [5.74, 6) is 5.44. The lowest BCUT2D eigenvalue weighted by Crippen LogP contribution is -2.40. The Balaban J connectivity index is 1.84. The Labute approximate surface area is 179 Å². The molecule has 30 heavy (non-hydrogen) atoms. The average Bonchev–Trinajstić information content (AvgIpc) is 3.18. The zero-order chi connectivity index (χ0) is 21.6. The van der Waals surface area contributed by atoms with Crippen molar-refractivity contribution in [2.45, 2.75) is 38.0 Å². The second kappa shape index (κ2) is 7.71. The summed E-state index contributed by atoms with van der Waals surface area (Å²) in [6, 6.07) is 4.54. The Morgan fingerprint density at radius 1 is 1.33 bits per heavy atom. The Kier molecular flexibility index (Phi) is 5.36. The van der Waals surface area contributed by atoms with E-state index in [2.05, 4.69) is 37.7 Å². The number of ether oxygens (including phenoxy) is 1. The van der Waals surface area contributed by atoms with Gasteiger partial charge >= 0.3 is 0 Å². The molecule has 1 aliphatic heterocycles. The van der Waals surface area contributed by atoms with Crippen molar-refractivity contribution in [2.75, 3.05) is 6.61 Å². The average molecular weight is 478 g/mol. The third kappa shape index (κ3) is 3.40. The van der Waals surface area contributed by atoms with Crippen LogP contribution in [0.25, 0.3) is 11.0 Å². The van der Waals surface area contributed by atoms with Gasteiger partial charge in [0.1, 0.15) is 30.0 Å². The SMILES string of the molecule is Cc1ncnc2c1c(C#Cc1ccc(Br)c(F)c1)cn2[C@@H]1O[C@H](CO)[C@@H](O)[C@@]1(C)F. The van der Waals surface area contributed by atoms with Crippen LogP contribution < -0.4 is 0 Å². The van der Waals surface area contributed by atoms with Crippen LogP contribution in [0.2, 0.25) is 0 Å². The van der Waals surface area contributed by atoms with Crippen molar-refractivity contribution >= 4 is 27.0 Å². The molecule has 9 heteroatoms. The quantitative estimate of drug-likeness (QED) is 0.554. The van der Waals surface area contributed by atoms with Gasteiger partial charge < -0.3 is 19.5 Å². The molecule has 2 aromatic heterocycles. The van der Waals surface area contributed by atoms with Gasteiger partial charge in [0, 0.05) is 11.8 Å². The van der Waals surface area contributed by atoms with Crippen LogP contribution >= 0.6 is 15.9 Å². The Bertz CT molecular complexity index is 1190. The van der Waals surface area contributed by atoms with Gasteiger partial charge in [0.2, 0.25) is 0 Å². The normalized spacial score (nSPS) is 26.0. The summed E-state index contributed by atoms with van der Waals surface area (Å²) in [7, 11) is 0. The van der Waals surface area contributed by atoms with E-state index in [0.717, 1.165) is 0 Å². The van der Waals surface area contributed by atoms with E-state index in [9.17, 15) is 14.6 Å². The van der Waals surface area contributed by atoms with Crippen molar-refractivity contribution < 1.29 is 23.7 Å². The number of aromatic nitrogens is 3. The molecule has 4 rings (SSSR count). The summed E-state index contributed by atoms with van der Waals surface area (Å²) in [6.45, 7) is 2.47. The van der Waals surface area contributed by atoms with Crippen LogP contribution in [0.1, 0.15) is 30.0 Å². The maximum absolute atomic E-state index is 15.3. The first kappa shape index (κ1) is 20.9. The first-order chi connectivity index (χ1) is 14.2. The molecule has 1 aromatic carbocycles. The van der Waals surface area contributed by atoms with Crippen molar-refractivity contribution in [3.63, 3.8) is 0 Å². The number of nitrogens with zero attached hydrogens (tertiary/aromatic N) is 3. The number of fused-ring (bicyclic) bond motifs is 1. The molecule has 3 heterocycles. The highest BCUT2D eigenvalue weighted by molar-refractivity contribution is 9.10. The highest BCUT2D eigenvalue weighted by atomic mass is 79.9. The van der Waals surface area contributed by atoms with Crippen molar-refractivity contribution in [1.82, 2.24) is 14.5 Å². The van der Waals surface area contributed by atoms with Gasteiger partial charge in [0.25, 0.3) is 0 Å². The van der Waals surface area contributed by atoms with Crippen LogP contribution in [0.3, 0.4) is 0 Å². The van der Waals surface area contributed by atoms with E-state index in [4.69, 9.17) is 4.74 Å². The first-order valence-electron chi connectivity index (χ1n) is 9.16. The predicted molar refractivity (Wildman–Crippen MR) is 109 cm³/mol. The molecular formula is C21H18BrF2N3O3. The zero-order valence-corrected chi connectivity index (χ0v) is 17.7. The van der Waals surface area contributed by atoms with Crippen LogP contribution in [-0.2, 0) is 4.74 Å². The molecule has 156 valence electrons. The summed E-state index contributed by atoms with van der Waals surface area (Å²) in [6.07, 6.45) is -0.871. The second-order valence-electron chi connectivity index (χ2n) is 7.29. The molecule has 0 aliphatic carbocycles. The van der Waals surface area contributed by atoms with Crippen LogP contribution in [0, 0.1) is 24.6 Å². The van der Waals surface area contributed by atoms with E-state index < -0.39 is 36.5 Å². The summed E-state index contributed by atoms with van der Waals surface area (Å²) in [5.41, 5.74) is -0.184. The van der Waals surface area contributed by atoms with Gasteiger partial charge in [-0.2, -0.15) is 0 Å². The van der Waals surface area contributed by atoms with Gasteiger partial charge in [-0.1, -0.05) is 11.8 Å². The van der Waals surface area contributed by atoms with Gasteiger partial charge in [-0.25, -0.2) is 18.7 Å². The molecule has 2 N–H and O–H groups in total. The molecule has 0 radical (unpaired) electrons. The van der Waals surface area contributed by atoms with E-state index in [1.807, 2.05) is 0 Å². The molecule has 1 saturated heterocycles. The van der Waals surface area contributed by atoms with Gasteiger partial charge in [0.15, 0.2) is 11.9 Å². The summed E-state index contributed by atoms with van der Waals surface area (Å²) in [5, 5.41) is 20.2. The molecule has 0 unspecified atom stereocenters. The fraction of sp³-hybridized carbons (Fsp3) is 0.333. The third-order valence-electron chi connectivity index (χ3n) is 5.21. The Hall–Kier alpha value is -2.38. The zero-order valence-electron chi connectivity index (χ0n) is 16.1. The van der Waals surface area contributed by atoms with Crippen LogP contribution in [0.5, 0.6) is 0 Å². The third-order valence-corrected chi connectivity index (χ3v) is 5.85. The minimum atomic E-state index is -2.17. The number of benzene rings is 1. The standard InChI is InChI=1S/C21H18BrF2N3O3/c1-11-17-13(5-3-12-4-6-14(22)15(23)7-12)8-27(19(17)26-10-25-11)20-21(2,24)18(29)16(9-28)30-20/h4,6-8,10,16,18,20,28-29H,9H2,1-2H3/t16-,18-,20-,21-/m1/s1. The van der Waals surface area contributed by atoms with Crippen molar-refractivity contribution in [1.29, 1.82) is 0 Å². The van der Waals surface area contributed by atoms with E-state index in [1.54, 1.807) is 25.3 Å².